The summed E-state index contributed by atoms with van der Waals surface area (Å²) in [6.07, 6.45) is 5.49. The summed E-state index contributed by atoms with van der Waals surface area (Å²) < 4.78 is 3.04. The maximum atomic E-state index is 11.2. The van der Waals surface area contributed by atoms with Crippen LogP contribution in [0.2, 0.25) is 0 Å². The Balaban J connectivity index is 1.93. The molecule has 0 saturated carbocycles. The van der Waals surface area contributed by atoms with Crippen molar-refractivity contribution >= 4 is 27.5 Å². The molecule has 0 aromatic carbocycles. The van der Waals surface area contributed by atoms with E-state index in [0.29, 0.717) is 6.54 Å². The van der Waals surface area contributed by atoms with Crippen LogP contribution in [0.25, 0.3) is 5.65 Å². The second kappa shape index (κ2) is 5.18. The highest BCUT2D eigenvalue weighted by Crippen LogP contribution is 2.23. The molecule has 1 saturated heterocycles. The number of halogens is 1. The molecule has 1 aliphatic heterocycles. The molecule has 20 heavy (non-hydrogen) atoms. The van der Waals surface area contributed by atoms with E-state index >= 15 is 0 Å². The van der Waals surface area contributed by atoms with Crippen molar-refractivity contribution in [3.8, 4) is 0 Å². The number of rotatable bonds is 3. The normalized spacial score (nSPS) is 19.8. The molecule has 106 valence electrons. The lowest BCUT2D eigenvalue weighted by atomic mass is 10.2. The van der Waals surface area contributed by atoms with E-state index in [4.69, 9.17) is 0 Å². The minimum Gasteiger partial charge on any atom is -0.480 e. The average Bonchev–Trinajstić information content (AvgIpc) is 2.97. The van der Waals surface area contributed by atoms with Gasteiger partial charge in [-0.2, -0.15) is 0 Å². The van der Waals surface area contributed by atoms with Gasteiger partial charge in [-0.05, 0) is 53.9 Å². The zero-order valence-corrected chi connectivity index (χ0v) is 12.8. The van der Waals surface area contributed by atoms with Gasteiger partial charge in [0.1, 0.15) is 11.7 Å². The van der Waals surface area contributed by atoms with Gasteiger partial charge in [-0.15, -0.1) is 0 Å². The third kappa shape index (κ3) is 2.33. The number of imidazole rings is 1. The number of carboxylic acid groups (broad SMARTS) is 1. The number of carboxylic acids is 1. The van der Waals surface area contributed by atoms with E-state index in [2.05, 4.69) is 20.9 Å². The van der Waals surface area contributed by atoms with Crippen LogP contribution in [0.3, 0.4) is 0 Å². The van der Waals surface area contributed by atoms with Crippen molar-refractivity contribution in [3.63, 3.8) is 0 Å². The molecule has 0 radical (unpaired) electrons. The van der Waals surface area contributed by atoms with Crippen LogP contribution in [0.5, 0.6) is 0 Å². The first kappa shape index (κ1) is 13.6. The lowest BCUT2D eigenvalue weighted by molar-refractivity contribution is -0.142. The van der Waals surface area contributed by atoms with Gasteiger partial charge < -0.3 is 9.51 Å². The fourth-order valence-electron chi connectivity index (χ4n) is 2.88. The maximum absolute atomic E-state index is 11.2. The molecule has 1 N–H and O–H groups in total. The Kier molecular flexibility index (Phi) is 3.52. The molecule has 6 heteroatoms. The van der Waals surface area contributed by atoms with Crippen LogP contribution in [-0.2, 0) is 11.3 Å². The summed E-state index contributed by atoms with van der Waals surface area (Å²) in [4.78, 5) is 17.7. The number of aliphatic carboxylic acids is 1. The second-order valence-electron chi connectivity index (χ2n) is 5.25. The van der Waals surface area contributed by atoms with E-state index in [-0.39, 0.29) is 6.04 Å². The van der Waals surface area contributed by atoms with Crippen molar-refractivity contribution in [2.45, 2.75) is 32.4 Å². The first-order valence-corrected chi connectivity index (χ1v) is 7.44. The maximum Gasteiger partial charge on any atom is 0.320 e. The van der Waals surface area contributed by atoms with E-state index in [0.717, 1.165) is 40.8 Å². The lowest BCUT2D eigenvalue weighted by Crippen LogP contribution is -2.35. The molecule has 0 bridgehead atoms. The van der Waals surface area contributed by atoms with Crippen molar-refractivity contribution in [3.05, 3.63) is 34.2 Å². The number of aromatic nitrogens is 2. The molecule has 2 aromatic heterocycles. The molecule has 3 rings (SSSR count). The van der Waals surface area contributed by atoms with Crippen LogP contribution >= 0.6 is 15.9 Å². The van der Waals surface area contributed by atoms with Gasteiger partial charge in [-0.25, -0.2) is 4.98 Å². The minimum absolute atomic E-state index is 0.367. The molecule has 0 unspecified atom stereocenters. The highest BCUT2D eigenvalue weighted by Gasteiger charge is 2.30. The second-order valence-corrected chi connectivity index (χ2v) is 6.17. The Labute approximate surface area is 125 Å². The molecule has 3 heterocycles. The lowest BCUT2D eigenvalue weighted by Gasteiger charge is -2.20. The predicted octanol–water partition coefficient (Wildman–Crippen LogP) is 2.45. The summed E-state index contributed by atoms with van der Waals surface area (Å²) in [5.41, 5.74) is 3.05. The van der Waals surface area contributed by atoms with Crippen LogP contribution in [0.4, 0.5) is 0 Å². The van der Waals surface area contributed by atoms with E-state index in [1.54, 1.807) is 0 Å². The van der Waals surface area contributed by atoms with Crippen molar-refractivity contribution < 1.29 is 9.90 Å². The van der Waals surface area contributed by atoms with Crippen LogP contribution in [-0.4, -0.2) is 37.9 Å². The van der Waals surface area contributed by atoms with Gasteiger partial charge in [0.05, 0.1) is 11.9 Å². The van der Waals surface area contributed by atoms with Crippen LogP contribution in [0, 0.1) is 6.92 Å². The largest absolute Gasteiger partial charge is 0.480 e. The Bertz CT molecular complexity index is 668. The number of hydrogen-bond donors (Lipinski definition) is 1. The Morgan fingerprint density at radius 1 is 1.60 bits per heavy atom. The summed E-state index contributed by atoms with van der Waals surface area (Å²) >= 11 is 3.49. The van der Waals surface area contributed by atoms with Gasteiger partial charge in [0, 0.05) is 17.2 Å². The standard InChI is InChI=1S/C14H16BrN3O2/c1-9-5-10(15)7-18-11(6-16-13(9)18)8-17-4-2-3-12(17)14(19)20/h5-7,12H,2-4,8H2,1H3,(H,19,20)/t12-/m0/s1. The zero-order valence-electron chi connectivity index (χ0n) is 11.2. The van der Waals surface area contributed by atoms with Crippen LogP contribution in [0.15, 0.2) is 22.9 Å². The number of nitrogens with zero attached hydrogens (tertiary/aromatic N) is 3. The average molecular weight is 338 g/mol. The Morgan fingerprint density at radius 3 is 3.15 bits per heavy atom. The topological polar surface area (TPSA) is 57.8 Å². The minimum atomic E-state index is -0.728. The van der Waals surface area contributed by atoms with Crippen molar-refractivity contribution in [1.82, 2.24) is 14.3 Å². The molecule has 1 atom stereocenters. The monoisotopic (exact) mass is 337 g/mol. The number of likely N-dealkylation sites (tertiary alicyclic amines) is 1. The molecular formula is C14H16BrN3O2. The number of fused-ring (bicyclic) bond motifs is 1. The van der Waals surface area contributed by atoms with Gasteiger partial charge in [0.25, 0.3) is 0 Å². The molecule has 1 fully saturated rings. The molecule has 0 spiro atoms. The van der Waals surface area contributed by atoms with Crippen molar-refractivity contribution in [1.29, 1.82) is 0 Å². The highest BCUT2D eigenvalue weighted by molar-refractivity contribution is 9.10. The van der Waals surface area contributed by atoms with Gasteiger partial charge in [-0.3, -0.25) is 9.69 Å². The quantitative estimate of drug-likeness (QED) is 0.934. The van der Waals surface area contributed by atoms with E-state index in [9.17, 15) is 9.90 Å². The first-order chi connectivity index (χ1) is 9.56. The van der Waals surface area contributed by atoms with Gasteiger partial charge in [0.2, 0.25) is 0 Å². The molecular weight excluding hydrogens is 322 g/mol. The third-order valence-electron chi connectivity index (χ3n) is 3.85. The summed E-state index contributed by atoms with van der Waals surface area (Å²) in [5.74, 6) is -0.728. The summed E-state index contributed by atoms with van der Waals surface area (Å²) in [6, 6.07) is 1.66. The number of hydrogen-bond acceptors (Lipinski definition) is 3. The summed E-state index contributed by atoms with van der Waals surface area (Å²) in [6.45, 7) is 3.47. The molecule has 0 aliphatic carbocycles. The highest BCUT2D eigenvalue weighted by atomic mass is 79.9. The summed E-state index contributed by atoms with van der Waals surface area (Å²) in [7, 11) is 0. The van der Waals surface area contributed by atoms with Gasteiger partial charge >= 0.3 is 5.97 Å². The molecule has 5 nitrogen and oxygen atoms in total. The van der Waals surface area contributed by atoms with Crippen molar-refractivity contribution in [2.24, 2.45) is 0 Å². The fourth-order valence-corrected chi connectivity index (χ4v) is 3.43. The number of pyridine rings is 1. The van der Waals surface area contributed by atoms with Crippen molar-refractivity contribution in [2.75, 3.05) is 6.54 Å². The smallest absolute Gasteiger partial charge is 0.320 e. The third-order valence-corrected chi connectivity index (χ3v) is 4.28. The fraction of sp³-hybridized carbons (Fsp3) is 0.429. The van der Waals surface area contributed by atoms with E-state index in [1.807, 2.05) is 34.7 Å². The first-order valence-electron chi connectivity index (χ1n) is 6.65. The number of aryl methyl sites for hydroxylation is 1. The van der Waals surface area contributed by atoms with E-state index < -0.39 is 5.97 Å². The zero-order chi connectivity index (χ0) is 14.3. The van der Waals surface area contributed by atoms with Gasteiger partial charge in [-0.1, -0.05) is 0 Å². The molecule has 1 aliphatic rings. The van der Waals surface area contributed by atoms with Gasteiger partial charge in [0.15, 0.2) is 0 Å². The molecule has 2 aromatic rings. The summed E-state index contributed by atoms with van der Waals surface area (Å²) in [5, 5.41) is 9.24. The Hall–Kier alpha value is -1.40. The molecule has 0 amide bonds. The van der Waals surface area contributed by atoms with Crippen LogP contribution < -0.4 is 0 Å². The predicted molar refractivity (Wildman–Crippen MR) is 78.7 cm³/mol. The van der Waals surface area contributed by atoms with E-state index in [1.165, 1.54) is 0 Å². The number of carbonyl (C=O) groups is 1. The SMILES string of the molecule is Cc1cc(Br)cn2c(CN3CCC[C@H]3C(=O)O)cnc12. The Morgan fingerprint density at radius 2 is 2.40 bits per heavy atom. The van der Waals surface area contributed by atoms with Crippen LogP contribution in [0.1, 0.15) is 24.1 Å².